The van der Waals surface area contributed by atoms with E-state index in [1.54, 1.807) is 30.0 Å². The van der Waals surface area contributed by atoms with Crippen LogP contribution in [0.4, 0.5) is 0 Å². The monoisotopic (exact) mass is 283 g/mol. The van der Waals surface area contributed by atoms with E-state index in [-0.39, 0.29) is 11.1 Å². The molecule has 1 aliphatic rings. The Labute approximate surface area is 116 Å². The molecule has 1 heterocycles. The van der Waals surface area contributed by atoms with Crippen LogP contribution in [0.15, 0.2) is 18.2 Å². The zero-order valence-electron chi connectivity index (χ0n) is 11.0. The summed E-state index contributed by atoms with van der Waals surface area (Å²) in [7, 11) is 1.48. The molecule has 0 aromatic heterocycles. The van der Waals surface area contributed by atoms with Crippen molar-refractivity contribution in [2.45, 2.75) is 30.0 Å². The fourth-order valence-electron chi connectivity index (χ4n) is 2.15. The van der Waals surface area contributed by atoms with E-state index in [9.17, 15) is 15.0 Å². The molecule has 6 heteroatoms. The average Bonchev–Trinajstić information content (AvgIpc) is 2.66. The van der Waals surface area contributed by atoms with Crippen LogP contribution in [0.1, 0.15) is 24.8 Å². The quantitative estimate of drug-likeness (QED) is 0.787. The number of hydrogen-bond donors (Lipinski definition) is 3. The van der Waals surface area contributed by atoms with E-state index in [0.29, 0.717) is 5.75 Å². The molecule has 0 bridgehead atoms. The number of aliphatic carboxylic acids is 1. The first-order valence-electron chi connectivity index (χ1n) is 5.88. The lowest BCUT2D eigenvalue weighted by Gasteiger charge is -2.20. The summed E-state index contributed by atoms with van der Waals surface area (Å²) < 4.78 is 4.67. The largest absolute Gasteiger partial charge is 0.504 e. The third-order valence-corrected chi connectivity index (χ3v) is 4.68. The highest BCUT2D eigenvalue weighted by atomic mass is 32.2. The van der Waals surface area contributed by atoms with Gasteiger partial charge in [0.15, 0.2) is 11.5 Å². The Bertz CT molecular complexity index is 503. The predicted molar refractivity (Wildman–Crippen MR) is 73.6 cm³/mol. The van der Waals surface area contributed by atoms with Crippen molar-refractivity contribution >= 4 is 17.7 Å². The van der Waals surface area contributed by atoms with Crippen molar-refractivity contribution in [3.63, 3.8) is 0 Å². The number of thioether (sulfide) groups is 1. The fraction of sp³-hybridized carbons (Fsp3) is 0.462. The van der Waals surface area contributed by atoms with Crippen LogP contribution in [0.5, 0.6) is 11.5 Å². The van der Waals surface area contributed by atoms with Gasteiger partial charge >= 0.3 is 5.97 Å². The maximum absolute atomic E-state index is 11.2. The van der Waals surface area contributed by atoms with Gasteiger partial charge in [-0.1, -0.05) is 6.07 Å². The maximum atomic E-state index is 11.2. The molecule has 0 spiro atoms. The number of hydrogen-bond acceptors (Lipinski definition) is 5. The van der Waals surface area contributed by atoms with Gasteiger partial charge in [-0.05, 0) is 31.5 Å². The molecule has 1 aliphatic heterocycles. The molecular weight excluding hydrogens is 266 g/mol. The van der Waals surface area contributed by atoms with Crippen molar-refractivity contribution in [1.29, 1.82) is 0 Å². The summed E-state index contributed by atoms with van der Waals surface area (Å²) in [4.78, 5) is 11.2. The van der Waals surface area contributed by atoms with Gasteiger partial charge in [-0.3, -0.25) is 10.1 Å². The summed E-state index contributed by atoms with van der Waals surface area (Å²) in [5, 5.41) is 21.8. The number of ether oxygens (including phenoxy) is 1. The Hall–Kier alpha value is -1.40. The number of benzene rings is 1. The van der Waals surface area contributed by atoms with Gasteiger partial charge in [0.05, 0.1) is 12.5 Å². The van der Waals surface area contributed by atoms with Crippen molar-refractivity contribution in [2.75, 3.05) is 7.11 Å². The minimum Gasteiger partial charge on any atom is -0.504 e. The number of rotatable bonds is 3. The van der Waals surface area contributed by atoms with Crippen LogP contribution in [0.25, 0.3) is 0 Å². The number of carbonyl (C=O) groups is 1. The molecule has 3 N–H and O–H groups in total. The molecule has 2 atom stereocenters. The van der Waals surface area contributed by atoms with Crippen molar-refractivity contribution in [3.05, 3.63) is 23.8 Å². The molecule has 5 nitrogen and oxygen atoms in total. The van der Waals surface area contributed by atoms with Gasteiger partial charge in [0.1, 0.15) is 6.04 Å². The second kappa shape index (κ2) is 4.94. The molecule has 0 radical (unpaired) electrons. The van der Waals surface area contributed by atoms with Crippen molar-refractivity contribution in [2.24, 2.45) is 0 Å². The zero-order valence-corrected chi connectivity index (χ0v) is 11.8. The van der Waals surface area contributed by atoms with Crippen LogP contribution in [0.3, 0.4) is 0 Å². The number of aromatic hydroxyl groups is 1. The van der Waals surface area contributed by atoms with Crippen molar-refractivity contribution in [3.8, 4) is 11.5 Å². The van der Waals surface area contributed by atoms with E-state index in [4.69, 9.17) is 4.74 Å². The van der Waals surface area contributed by atoms with Gasteiger partial charge in [0, 0.05) is 4.75 Å². The zero-order chi connectivity index (χ0) is 14.2. The van der Waals surface area contributed by atoms with Crippen LogP contribution < -0.4 is 10.1 Å². The lowest BCUT2D eigenvalue weighted by atomic mass is 10.0. The molecule has 104 valence electrons. The highest BCUT2D eigenvalue weighted by Crippen LogP contribution is 2.46. The standard InChI is InChI=1S/C13H17NO4S/c1-13(2)10(12(16)17)14-11(19-13)7-4-5-8(15)9(6-7)18-3/h4-6,10-11,14-15H,1-3H3,(H,16,17)/t10-,11?/m0/s1. The van der Waals surface area contributed by atoms with Crippen molar-refractivity contribution < 1.29 is 19.7 Å². The van der Waals surface area contributed by atoms with E-state index >= 15 is 0 Å². The Morgan fingerprint density at radius 1 is 1.47 bits per heavy atom. The highest BCUT2D eigenvalue weighted by Gasteiger charge is 2.45. The van der Waals surface area contributed by atoms with Crippen LogP contribution in [-0.2, 0) is 4.79 Å². The molecule has 0 aliphatic carbocycles. The molecule has 0 amide bonds. The van der Waals surface area contributed by atoms with Gasteiger partial charge in [0.25, 0.3) is 0 Å². The third-order valence-electron chi connectivity index (χ3n) is 3.19. The molecule has 1 aromatic rings. The van der Waals surface area contributed by atoms with E-state index in [1.807, 2.05) is 13.8 Å². The van der Waals surface area contributed by atoms with Gasteiger partial charge in [-0.25, -0.2) is 0 Å². The van der Waals surface area contributed by atoms with E-state index in [0.717, 1.165) is 5.56 Å². The SMILES string of the molecule is COc1cc(C2N[C@@H](C(=O)O)C(C)(C)S2)ccc1O. The average molecular weight is 283 g/mol. The number of phenols is 1. The second-order valence-corrected chi connectivity index (χ2v) is 6.73. The Morgan fingerprint density at radius 3 is 2.68 bits per heavy atom. The van der Waals surface area contributed by atoms with E-state index < -0.39 is 16.8 Å². The van der Waals surface area contributed by atoms with Crippen LogP contribution in [0.2, 0.25) is 0 Å². The smallest absolute Gasteiger partial charge is 0.322 e. The minimum atomic E-state index is -0.856. The van der Waals surface area contributed by atoms with Crippen molar-refractivity contribution in [1.82, 2.24) is 5.32 Å². The lowest BCUT2D eigenvalue weighted by molar-refractivity contribution is -0.139. The normalized spacial score (nSPS) is 25.2. The molecule has 19 heavy (non-hydrogen) atoms. The fourth-order valence-corrected chi connectivity index (χ4v) is 3.55. The molecule has 2 rings (SSSR count). The first-order valence-corrected chi connectivity index (χ1v) is 6.76. The lowest BCUT2D eigenvalue weighted by Crippen LogP contribution is -2.43. The summed E-state index contributed by atoms with van der Waals surface area (Å²) in [6.07, 6.45) is 0. The Kier molecular flexibility index (Phi) is 3.64. The molecular formula is C13H17NO4S. The van der Waals surface area contributed by atoms with Crippen LogP contribution in [0, 0.1) is 0 Å². The van der Waals surface area contributed by atoms with Crippen LogP contribution >= 0.6 is 11.8 Å². The summed E-state index contributed by atoms with van der Waals surface area (Å²) in [5.41, 5.74) is 0.886. The van der Waals surface area contributed by atoms with E-state index in [1.165, 1.54) is 7.11 Å². The van der Waals surface area contributed by atoms with E-state index in [2.05, 4.69) is 5.32 Å². The topological polar surface area (TPSA) is 78.8 Å². The van der Waals surface area contributed by atoms with Gasteiger partial charge < -0.3 is 14.9 Å². The Balaban J connectivity index is 2.27. The molecule has 1 saturated heterocycles. The summed E-state index contributed by atoms with van der Waals surface area (Å²) >= 11 is 1.55. The number of phenolic OH excluding ortho intramolecular Hbond substituents is 1. The van der Waals surface area contributed by atoms with Gasteiger partial charge in [-0.15, -0.1) is 11.8 Å². The molecule has 1 unspecified atom stereocenters. The molecule has 0 saturated carbocycles. The summed E-state index contributed by atoms with van der Waals surface area (Å²) in [5.74, 6) is -0.398. The first-order chi connectivity index (χ1) is 8.85. The van der Waals surface area contributed by atoms with Gasteiger partial charge in [0.2, 0.25) is 0 Å². The number of carboxylic acid groups (broad SMARTS) is 1. The number of nitrogens with one attached hydrogen (secondary N) is 1. The Morgan fingerprint density at radius 2 is 2.16 bits per heavy atom. The van der Waals surface area contributed by atoms with Crippen LogP contribution in [-0.4, -0.2) is 34.1 Å². The first kappa shape index (κ1) is 14.0. The second-order valence-electron chi connectivity index (χ2n) is 4.97. The minimum absolute atomic E-state index is 0.0725. The number of methoxy groups -OCH3 is 1. The highest BCUT2D eigenvalue weighted by molar-refractivity contribution is 8.01. The summed E-state index contributed by atoms with van der Waals surface area (Å²) in [6, 6.07) is 4.43. The number of carboxylic acids is 1. The summed E-state index contributed by atoms with van der Waals surface area (Å²) in [6.45, 7) is 3.81. The third kappa shape index (κ3) is 2.64. The maximum Gasteiger partial charge on any atom is 0.322 e. The molecule has 1 aromatic carbocycles. The van der Waals surface area contributed by atoms with Gasteiger partial charge in [-0.2, -0.15) is 0 Å². The molecule has 1 fully saturated rings. The predicted octanol–water partition coefficient (Wildman–Crippen LogP) is 1.97.